The maximum absolute atomic E-state index is 11.5. The molecule has 1 unspecified atom stereocenters. The fourth-order valence-corrected chi connectivity index (χ4v) is 3.09. The summed E-state index contributed by atoms with van der Waals surface area (Å²) in [5.74, 6) is 0.707. The summed E-state index contributed by atoms with van der Waals surface area (Å²) < 4.78 is 1.06. The van der Waals surface area contributed by atoms with Gasteiger partial charge in [0.1, 0.15) is 5.78 Å². The van der Waals surface area contributed by atoms with Crippen molar-refractivity contribution < 1.29 is 4.79 Å². The van der Waals surface area contributed by atoms with E-state index in [2.05, 4.69) is 33.0 Å². The molecular weight excluding hydrogens is 302 g/mol. The Kier molecular flexibility index (Phi) is 3.47. The Labute approximate surface area is 121 Å². The fraction of sp³-hybridized carbons (Fsp3) is 0.250. The molecule has 1 aromatic carbocycles. The van der Waals surface area contributed by atoms with Crippen LogP contribution in [0, 0.1) is 0 Å². The summed E-state index contributed by atoms with van der Waals surface area (Å²) in [6.45, 7) is 0. The molecule has 0 aliphatic heterocycles. The number of ketones is 1. The molecule has 1 atom stereocenters. The lowest BCUT2D eigenvalue weighted by molar-refractivity contribution is -0.117. The van der Waals surface area contributed by atoms with Gasteiger partial charge in [-0.15, -0.1) is 0 Å². The molecule has 1 fully saturated rings. The number of carbonyl (C=O) groups excluding carboxylic acids is 1. The molecular formula is C16H14BrNO. The molecule has 2 aromatic rings. The average Bonchev–Trinajstić information content (AvgIpc) is 2.86. The highest BCUT2D eigenvalue weighted by Gasteiger charge is 2.26. The number of rotatable bonds is 2. The quantitative estimate of drug-likeness (QED) is 0.824. The summed E-state index contributed by atoms with van der Waals surface area (Å²) >= 11 is 3.53. The number of carbonyl (C=O) groups is 1. The number of hydrogen-bond donors (Lipinski definition) is 0. The topological polar surface area (TPSA) is 30.0 Å². The van der Waals surface area contributed by atoms with E-state index in [1.165, 1.54) is 5.56 Å². The smallest absolute Gasteiger partial charge is 0.133 e. The van der Waals surface area contributed by atoms with Crippen LogP contribution in [0.5, 0.6) is 0 Å². The Morgan fingerprint density at radius 2 is 2.11 bits per heavy atom. The molecule has 19 heavy (non-hydrogen) atoms. The van der Waals surface area contributed by atoms with Crippen LogP contribution in [0.15, 0.2) is 47.1 Å². The Balaban J connectivity index is 2.07. The fourth-order valence-electron chi connectivity index (χ4n) is 2.71. The van der Waals surface area contributed by atoms with Crippen LogP contribution in [-0.2, 0) is 4.79 Å². The van der Waals surface area contributed by atoms with Crippen LogP contribution in [0.3, 0.4) is 0 Å². The van der Waals surface area contributed by atoms with Crippen LogP contribution in [0.25, 0.3) is 11.3 Å². The zero-order valence-electron chi connectivity index (χ0n) is 10.5. The molecule has 0 amide bonds. The summed E-state index contributed by atoms with van der Waals surface area (Å²) in [7, 11) is 0. The summed E-state index contributed by atoms with van der Waals surface area (Å²) in [5, 5.41) is 0. The maximum atomic E-state index is 11.5. The first kappa shape index (κ1) is 12.5. The Morgan fingerprint density at radius 1 is 1.21 bits per heavy atom. The first-order valence-electron chi connectivity index (χ1n) is 6.46. The first-order chi connectivity index (χ1) is 9.24. The van der Waals surface area contributed by atoms with Crippen LogP contribution in [0.4, 0.5) is 0 Å². The Morgan fingerprint density at radius 3 is 2.79 bits per heavy atom. The third-order valence-corrected chi connectivity index (χ3v) is 4.13. The van der Waals surface area contributed by atoms with Gasteiger partial charge in [-0.25, -0.2) is 0 Å². The number of halogens is 1. The molecule has 1 heterocycles. The van der Waals surface area contributed by atoms with Gasteiger partial charge >= 0.3 is 0 Å². The van der Waals surface area contributed by atoms with Crippen molar-refractivity contribution in [2.45, 2.75) is 25.2 Å². The van der Waals surface area contributed by atoms with Crippen LogP contribution in [-0.4, -0.2) is 10.8 Å². The van der Waals surface area contributed by atoms with Gasteiger partial charge in [0.25, 0.3) is 0 Å². The van der Waals surface area contributed by atoms with Crippen LogP contribution < -0.4 is 0 Å². The van der Waals surface area contributed by atoms with Crippen molar-refractivity contribution >= 4 is 21.7 Å². The minimum atomic E-state index is 0.335. The van der Waals surface area contributed by atoms with Gasteiger partial charge in [-0.2, -0.15) is 0 Å². The molecule has 1 aromatic heterocycles. The summed E-state index contributed by atoms with van der Waals surface area (Å²) in [6, 6.07) is 12.2. The second kappa shape index (κ2) is 5.25. The molecule has 0 radical (unpaired) electrons. The molecule has 96 valence electrons. The van der Waals surface area contributed by atoms with E-state index >= 15 is 0 Å². The molecule has 1 aliphatic carbocycles. The highest BCUT2D eigenvalue weighted by Crippen LogP contribution is 2.38. The molecule has 1 saturated carbocycles. The van der Waals surface area contributed by atoms with E-state index in [-0.39, 0.29) is 0 Å². The number of Topliss-reactive ketones (excluding diaryl/α,β-unsaturated/α-hetero) is 1. The van der Waals surface area contributed by atoms with Gasteiger partial charge in [-0.3, -0.25) is 9.78 Å². The summed E-state index contributed by atoms with van der Waals surface area (Å²) in [5.41, 5.74) is 3.35. The standard InChI is InChI=1S/C16H14BrNO/c17-12-5-7-14(16-3-1-2-8-18-16)15(10-12)11-4-6-13(19)9-11/h1-3,5,7-8,10-11H,4,6,9H2. The minimum absolute atomic E-state index is 0.335. The average molecular weight is 316 g/mol. The van der Waals surface area contributed by atoms with E-state index in [0.717, 1.165) is 22.2 Å². The molecule has 0 bridgehead atoms. The van der Waals surface area contributed by atoms with E-state index in [0.29, 0.717) is 24.5 Å². The molecule has 1 aliphatic rings. The molecule has 3 rings (SSSR count). The van der Waals surface area contributed by atoms with Gasteiger partial charge in [0.2, 0.25) is 0 Å². The van der Waals surface area contributed by atoms with Crippen LogP contribution in [0.2, 0.25) is 0 Å². The lowest BCUT2D eigenvalue weighted by atomic mass is 9.91. The first-order valence-corrected chi connectivity index (χ1v) is 7.26. The second-order valence-electron chi connectivity index (χ2n) is 4.92. The summed E-state index contributed by atoms with van der Waals surface area (Å²) in [4.78, 5) is 16.0. The zero-order valence-corrected chi connectivity index (χ0v) is 12.1. The largest absolute Gasteiger partial charge is 0.300 e. The number of nitrogens with zero attached hydrogens (tertiary/aromatic N) is 1. The van der Waals surface area contributed by atoms with E-state index in [9.17, 15) is 4.79 Å². The van der Waals surface area contributed by atoms with Crippen LogP contribution >= 0.6 is 15.9 Å². The van der Waals surface area contributed by atoms with Crippen molar-refractivity contribution in [1.29, 1.82) is 0 Å². The van der Waals surface area contributed by atoms with Crippen molar-refractivity contribution in [2.75, 3.05) is 0 Å². The molecule has 2 nitrogen and oxygen atoms in total. The van der Waals surface area contributed by atoms with Crippen molar-refractivity contribution in [3.63, 3.8) is 0 Å². The van der Waals surface area contributed by atoms with E-state index in [4.69, 9.17) is 0 Å². The molecule has 3 heteroatoms. The van der Waals surface area contributed by atoms with Gasteiger partial charge in [0, 0.05) is 29.1 Å². The highest BCUT2D eigenvalue weighted by atomic mass is 79.9. The van der Waals surface area contributed by atoms with Crippen LogP contribution in [0.1, 0.15) is 30.7 Å². The van der Waals surface area contributed by atoms with Crippen molar-refractivity contribution in [1.82, 2.24) is 4.98 Å². The predicted molar refractivity (Wildman–Crippen MR) is 79.0 cm³/mol. The van der Waals surface area contributed by atoms with Crippen molar-refractivity contribution in [3.05, 3.63) is 52.6 Å². The van der Waals surface area contributed by atoms with Gasteiger partial charge in [0.15, 0.2) is 0 Å². The third-order valence-electron chi connectivity index (χ3n) is 3.64. The lowest BCUT2D eigenvalue weighted by Crippen LogP contribution is -1.98. The van der Waals surface area contributed by atoms with E-state index < -0.39 is 0 Å². The molecule has 0 N–H and O–H groups in total. The SMILES string of the molecule is O=C1CCC(c2cc(Br)ccc2-c2ccccn2)C1. The Bertz CT molecular complexity index is 609. The number of pyridine rings is 1. The van der Waals surface area contributed by atoms with Gasteiger partial charge < -0.3 is 0 Å². The summed E-state index contributed by atoms with van der Waals surface area (Å²) in [6.07, 6.45) is 4.13. The monoisotopic (exact) mass is 315 g/mol. The molecule has 0 saturated heterocycles. The Hall–Kier alpha value is -1.48. The van der Waals surface area contributed by atoms with Gasteiger partial charge in [0.05, 0.1) is 5.69 Å². The minimum Gasteiger partial charge on any atom is -0.300 e. The normalized spacial score (nSPS) is 18.8. The lowest BCUT2D eigenvalue weighted by Gasteiger charge is -2.15. The maximum Gasteiger partial charge on any atom is 0.133 e. The van der Waals surface area contributed by atoms with Crippen molar-refractivity contribution in [2.24, 2.45) is 0 Å². The van der Waals surface area contributed by atoms with Gasteiger partial charge in [-0.05, 0) is 42.2 Å². The number of hydrogen-bond acceptors (Lipinski definition) is 2. The number of benzene rings is 1. The number of aromatic nitrogens is 1. The van der Waals surface area contributed by atoms with Crippen molar-refractivity contribution in [3.8, 4) is 11.3 Å². The zero-order chi connectivity index (χ0) is 13.2. The predicted octanol–water partition coefficient (Wildman–Crippen LogP) is 4.35. The third kappa shape index (κ3) is 2.61. The van der Waals surface area contributed by atoms with Gasteiger partial charge in [-0.1, -0.05) is 28.1 Å². The van der Waals surface area contributed by atoms with E-state index in [1.807, 2.05) is 24.3 Å². The second-order valence-corrected chi connectivity index (χ2v) is 5.84. The van der Waals surface area contributed by atoms with E-state index in [1.54, 1.807) is 6.20 Å². The molecule has 0 spiro atoms. The highest BCUT2D eigenvalue weighted by molar-refractivity contribution is 9.10.